The summed E-state index contributed by atoms with van der Waals surface area (Å²) in [5.41, 5.74) is 2.58. The number of methoxy groups -OCH3 is 1. The van der Waals surface area contributed by atoms with E-state index in [1.54, 1.807) is 49.6 Å². The SMILES string of the molecule is COc1ccc(/C=C2\SC(=O)N(CCOc3ccc(C)cc3)C2=O)cc1OCc1ccc(Cl)cc1Cl. The number of ether oxygens (including phenoxy) is 3. The maximum Gasteiger partial charge on any atom is 0.293 e. The summed E-state index contributed by atoms with van der Waals surface area (Å²) in [6.07, 6.45) is 1.66. The third kappa shape index (κ3) is 6.35. The molecule has 3 aromatic rings. The number of thioether (sulfide) groups is 1. The maximum absolute atomic E-state index is 12.9. The number of imide groups is 1. The van der Waals surface area contributed by atoms with Crippen LogP contribution in [0.15, 0.2) is 65.6 Å². The van der Waals surface area contributed by atoms with Crippen LogP contribution in [-0.2, 0) is 11.4 Å². The van der Waals surface area contributed by atoms with Crippen molar-refractivity contribution in [1.82, 2.24) is 4.90 Å². The van der Waals surface area contributed by atoms with Gasteiger partial charge in [-0.15, -0.1) is 0 Å². The molecule has 4 rings (SSSR count). The standard InChI is InChI=1S/C27H23Cl2NO5S/c1-17-3-8-21(9-4-17)34-12-11-30-26(31)25(36-27(30)32)14-18-5-10-23(33-2)24(13-18)35-16-19-6-7-20(28)15-22(19)29/h3-10,13-15H,11-12,16H2,1-2H3/b25-14-. The Morgan fingerprint density at radius 3 is 2.44 bits per heavy atom. The average molecular weight is 544 g/mol. The summed E-state index contributed by atoms with van der Waals surface area (Å²) in [5.74, 6) is 1.33. The van der Waals surface area contributed by atoms with Crippen LogP contribution in [0.3, 0.4) is 0 Å². The van der Waals surface area contributed by atoms with Crippen molar-refractivity contribution in [3.8, 4) is 17.2 Å². The van der Waals surface area contributed by atoms with Crippen LogP contribution >= 0.6 is 35.0 Å². The summed E-state index contributed by atoms with van der Waals surface area (Å²) in [4.78, 5) is 26.8. The van der Waals surface area contributed by atoms with Gasteiger partial charge >= 0.3 is 0 Å². The number of nitrogens with zero attached hydrogens (tertiary/aromatic N) is 1. The molecule has 6 nitrogen and oxygen atoms in total. The van der Waals surface area contributed by atoms with Crippen molar-refractivity contribution >= 4 is 52.2 Å². The minimum Gasteiger partial charge on any atom is -0.493 e. The van der Waals surface area contributed by atoms with E-state index in [4.69, 9.17) is 37.4 Å². The molecule has 1 aliphatic heterocycles. The Kier molecular flexibility index (Phi) is 8.46. The number of rotatable bonds is 9. The summed E-state index contributed by atoms with van der Waals surface area (Å²) >= 11 is 13.1. The number of aryl methyl sites for hydroxylation is 1. The van der Waals surface area contributed by atoms with E-state index in [1.807, 2.05) is 31.2 Å². The molecule has 0 saturated carbocycles. The molecule has 0 unspecified atom stereocenters. The van der Waals surface area contributed by atoms with E-state index in [9.17, 15) is 9.59 Å². The van der Waals surface area contributed by atoms with Crippen LogP contribution in [-0.4, -0.2) is 36.3 Å². The molecule has 9 heteroatoms. The van der Waals surface area contributed by atoms with Gasteiger partial charge < -0.3 is 14.2 Å². The molecule has 1 saturated heterocycles. The van der Waals surface area contributed by atoms with Crippen LogP contribution in [0.25, 0.3) is 6.08 Å². The van der Waals surface area contributed by atoms with Crippen LogP contribution in [0.2, 0.25) is 10.0 Å². The van der Waals surface area contributed by atoms with Gasteiger partial charge in [0.1, 0.15) is 19.0 Å². The second-order valence-corrected chi connectivity index (χ2v) is 9.77. The lowest BCUT2D eigenvalue weighted by atomic mass is 10.1. The Balaban J connectivity index is 1.43. The minimum absolute atomic E-state index is 0.161. The highest BCUT2D eigenvalue weighted by molar-refractivity contribution is 8.18. The lowest BCUT2D eigenvalue weighted by Gasteiger charge is -2.13. The van der Waals surface area contributed by atoms with Gasteiger partial charge in [0.2, 0.25) is 0 Å². The molecule has 1 fully saturated rings. The lowest BCUT2D eigenvalue weighted by Crippen LogP contribution is -2.32. The van der Waals surface area contributed by atoms with Crippen molar-refractivity contribution in [3.63, 3.8) is 0 Å². The molecule has 0 spiro atoms. The van der Waals surface area contributed by atoms with E-state index in [0.29, 0.717) is 37.8 Å². The topological polar surface area (TPSA) is 65.1 Å². The maximum atomic E-state index is 12.9. The molecule has 1 aliphatic rings. The zero-order valence-corrected chi connectivity index (χ0v) is 22.0. The largest absolute Gasteiger partial charge is 0.493 e. The number of carbonyl (C=O) groups excluding carboxylic acids is 2. The van der Waals surface area contributed by atoms with Gasteiger partial charge in [-0.1, -0.05) is 53.0 Å². The van der Waals surface area contributed by atoms with Gasteiger partial charge in [-0.3, -0.25) is 14.5 Å². The molecule has 1 heterocycles. The smallest absolute Gasteiger partial charge is 0.293 e. The molecule has 0 N–H and O–H groups in total. The van der Waals surface area contributed by atoms with E-state index in [0.717, 1.165) is 22.9 Å². The summed E-state index contributed by atoms with van der Waals surface area (Å²) in [6.45, 7) is 2.56. The molecule has 0 aliphatic carbocycles. The number of benzene rings is 3. The second-order valence-electron chi connectivity index (χ2n) is 7.93. The van der Waals surface area contributed by atoms with Crippen LogP contribution in [0.4, 0.5) is 4.79 Å². The van der Waals surface area contributed by atoms with Gasteiger partial charge in [0.25, 0.3) is 11.1 Å². The summed E-state index contributed by atoms with van der Waals surface area (Å²) in [6, 6.07) is 18.0. The van der Waals surface area contributed by atoms with Crippen LogP contribution in [0.5, 0.6) is 17.2 Å². The van der Waals surface area contributed by atoms with Crippen LogP contribution < -0.4 is 14.2 Å². The first kappa shape index (κ1) is 25.9. The normalized spacial score (nSPS) is 14.4. The molecular formula is C27H23Cl2NO5S. The molecule has 0 bridgehead atoms. The average Bonchev–Trinajstić information content (AvgIpc) is 3.12. The third-order valence-corrected chi connectivity index (χ3v) is 6.86. The van der Waals surface area contributed by atoms with Crippen molar-refractivity contribution in [2.45, 2.75) is 13.5 Å². The zero-order chi connectivity index (χ0) is 25.7. The third-order valence-electron chi connectivity index (χ3n) is 5.36. The van der Waals surface area contributed by atoms with Crippen LogP contribution in [0.1, 0.15) is 16.7 Å². The highest BCUT2D eigenvalue weighted by Gasteiger charge is 2.34. The van der Waals surface area contributed by atoms with Gasteiger partial charge in [-0.25, -0.2) is 0 Å². The molecule has 0 radical (unpaired) electrons. The molecule has 2 amide bonds. The van der Waals surface area contributed by atoms with Crippen molar-refractivity contribution < 1.29 is 23.8 Å². The Morgan fingerprint density at radius 2 is 1.72 bits per heavy atom. The van der Waals surface area contributed by atoms with Crippen molar-refractivity contribution in [1.29, 1.82) is 0 Å². The van der Waals surface area contributed by atoms with Gasteiger partial charge in [-0.2, -0.15) is 0 Å². The van der Waals surface area contributed by atoms with Gasteiger partial charge in [0.05, 0.1) is 18.6 Å². The first-order valence-electron chi connectivity index (χ1n) is 11.0. The number of halogens is 2. The summed E-state index contributed by atoms with van der Waals surface area (Å²) in [7, 11) is 1.54. The second kappa shape index (κ2) is 11.7. The minimum atomic E-state index is -0.358. The predicted octanol–water partition coefficient (Wildman–Crippen LogP) is 7.00. The highest BCUT2D eigenvalue weighted by Crippen LogP contribution is 2.35. The lowest BCUT2D eigenvalue weighted by molar-refractivity contribution is -0.123. The van der Waals surface area contributed by atoms with Crippen LogP contribution in [0, 0.1) is 6.92 Å². The van der Waals surface area contributed by atoms with E-state index in [2.05, 4.69) is 0 Å². The summed E-state index contributed by atoms with van der Waals surface area (Å²) in [5, 5.41) is 0.706. The van der Waals surface area contributed by atoms with Crippen molar-refractivity contribution in [3.05, 3.63) is 92.3 Å². The fourth-order valence-electron chi connectivity index (χ4n) is 3.42. The molecule has 186 valence electrons. The molecule has 0 atom stereocenters. The van der Waals surface area contributed by atoms with Gasteiger partial charge in [0.15, 0.2) is 11.5 Å². The van der Waals surface area contributed by atoms with E-state index >= 15 is 0 Å². The van der Waals surface area contributed by atoms with Crippen molar-refractivity contribution in [2.75, 3.05) is 20.3 Å². The highest BCUT2D eigenvalue weighted by atomic mass is 35.5. The van der Waals surface area contributed by atoms with E-state index < -0.39 is 0 Å². The van der Waals surface area contributed by atoms with Gasteiger partial charge in [0, 0.05) is 15.6 Å². The zero-order valence-electron chi connectivity index (χ0n) is 19.6. The molecule has 0 aromatic heterocycles. The van der Waals surface area contributed by atoms with E-state index in [1.165, 1.54) is 4.90 Å². The number of amides is 2. The first-order valence-corrected chi connectivity index (χ1v) is 12.6. The quantitative estimate of drug-likeness (QED) is 0.270. The summed E-state index contributed by atoms with van der Waals surface area (Å²) < 4.78 is 17.0. The molecular weight excluding hydrogens is 521 g/mol. The van der Waals surface area contributed by atoms with Crippen molar-refractivity contribution in [2.24, 2.45) is 0 Å². The van der Waals surface area contributed by atoms with Gasteiger partial charge in [-0.05, 0) is 66.7 Å². The number of hydrogen-bond donors (Lipinski definition) is 0. The fraction of sp³-hybridized carbons (Fsp3) is 0.185. The molecule has 3 aromatic carbocycles. The Hall–Kier alpha value is -3.13. The first-order chi connectivity index (χ1) is 17.3. The molecule has 36 heavy (non-hydrogen) atoms. The van der Waals surface area contributed by atoms with E-state index in [-0.39, 0.29) is 30.9 Å². The predicted molar refractivity (Wildman–Crippen MR) is 143 cm³/mol. The number of carbonyl (C=O) groups is 2. The Bertz CT molecular complexity index is 1310. The fourth-order valence-corrected chi connectivity index (χ4v) is 4.75. The Morgan fingerprint density at radius 1 is 0.944 bits per heavy atom. The monoisotopic (exact) mass is 543 g/mol. The number of hydrogen-bond acceptors (Lipinski definition) is 6. The Labute approximate surface area is 223 Å².